The number of Topliss-reactive ketones (excluding diaryl/α,β-unsaturated/α-hetero) is 1. The standard InChI is InChI=1S/C21H30O3/c1-12(2)18-15(22)11-14-13(19(18)24-6)7-8-16-20(3,4)17(23)9-10-21(14,16)5/h11-12,16,22H,7-10H2,1-6H3. The highest BCUT2D eigenvalue weighted by Crippen LogP contribution is 2.58. The van der Waals surface area contributed by atoms with Gasteiger partial charge in [0.25, 0.3) is 0 Å². The number of phenols is 1. The molecule has 1 N–H and O–H groups in total. The van der Waals surface area contributed by atoms with Gasteiger partial charge in [-0.25, -0.2) is 0 Å². The van der Waals surface area contributed by atoms with Crippen LogP contribution < -0.4 is 4.74 Å². The van der Waals surface area contributed by atoms with Gasteiger partial charge in [0.15, 0.2) is 0 Å². The lowest BCUT2D eigenvalue weighted by Gasteiger charge is -2.53. The van der Waals surface area contributed by atoms with E-state index in [-0.39, 0.29) is 16.7 Å². The van der Waals surface area contributed by atoms with Gasteiger partial charge in [-0.15, -0.1) is 0 Å². The number of carbonyl (C=O) groups is 1. The molecule has 0 heterocycles. The summed E-state index contributed by atoms with van der Waals surface area (Å²) in [5.74, 6) is 2.09. The van der Waals surface area contributed by atoms with Crippen molar-refractivity contribution in [2.24, 2.45) is 11.3 Å². The monoisotopic (exact) mass is 330 g/mol. The van der Waals surface area contributed by atoms with Crippen LogP contribution in [0.4, 0.5) is 0 Å². The minimum atomic E-state index is -0.301. The molecular weight excluding hydrogens is 300 g/mol. The lowest BCUT2D eigenvalue weighted by atomic mass is 9.50. The zero-order valence-electron chi connectivity index (χ0n) is 15.8. The van der Waals surface area contributed by atoms with Crippen LogP contribution in [0.3, 0.4) is 0 Å². The van der Waals surface area contributed by atoms with Gasteiger partial charge in [-0.05, 0) is 53.7 Å². The number of methoxy groups -OCH3 is 1. The molecule has 3 nitrogen and oxygen atoms in total. The van der Waals surface area contributed by atoms with E-state index in [0.717, 1.165) is 30.6 Å². The number of rotatable bonds is 2. The summed E-state index contributed by atoms with van der Waals surface area (Å²) in [6.45, 7) is 10.6. The van der Waals surface area contributed by atoms with Crippen molar-refractivity contribution in [2.45, 2.75) is 71.6 Å². The lowest BCUT2D eigenvalue weighted by molar-refractivity contribution is -0.137. The number of phenolic OH excluding ortho intramolecular Hbond substituents is 1. The summed E-state index contributed by atoms with van der Waals surface area (Å²) in [6, 6.07) is 1.96. The molecule has 0 radical (unpaired) electrons. The van der Waals surface area contributed by atoms with Crippen molar-refractivity contribution >= 4 is 5.78 Å². The highest BCUT2D eigenvalue weighted by Gasteiger charge is 2.54. The molecule has 3 rings (SSSR count). The quantitative estimate of drug-likeness (QED) is 0.852. The van der Waals surface area contributed by atoms with Crippen molar-refractivity contribution in [1.82, 2.24) is 0 Å². The number of fused-ring (bicyclic) bond motifs is 3. The number of benzene rings is 1. The molecule has 24 heavy (non-hydrogen) atoms. The fourth-order valence-electron chi connectivity index (χ4n) is 5.40. The molecular formula is C21H30O3. The number of ketones is 1. The van der Waals surface area contributed by atoms with E-state index in [1.165, 1.54) is 11.1 Å². The van der Waals surface area contributed by atoms with Crippen molar-refractivity contribution in [2.75, 3.05) is 7.11 Å². The van der Waals surface area contributed by atoms with E-state index in [1.807, 2.05) is 6.07 Å². The molecule has 1 fully saturated rings. The third kappa shape index (κ3) is 2.20. The Balaban J connectivity index is 2.23. The van der Waals surface area contributed by atoms with Gasteiger partial charge < -0.3 is 9.84 Å². The van der Waals surface area contributed by atoms with Gasteiger partial charge in [0.2, 0.25) is 0 Å². The molecule has 0 amide bonds. The largest absolute Gasteiger partial charge is 0.508 e. The van der Waals surface area contributed by atoms with E-state index < -0.39 is 0 Å². The smallest absolute Gasteiger partial charge is 0.138 e. The molecule has 0 aromatic heterocycles. The predicted octanol–water partition coefficient (Wildman–Crippen LogP) is 4.73. The summed E-state index contributed by atoms with van der Waals surface area (Å²) in [5, 5.41) is 10.7. The minimum Gasteiger partial charge on any atom is -0.508 e. The molecule has 0 saturated heterocycles. The van der Waals surface area contributed by atoms with Crippen LogP contribution in [0.15, 0.2) is 6.07 Å². The first-order valence-corrected chi connectivity index (χ1v) is 9.11. The first kappa shape index (κ1) is 17.3. The number of aromatic hydroxyl groups is 1. The molecule has 0 spiro atoms. The molecule has 0 aliphatic heterocycles. The first-order valence-electron chi connectivity index (χ1n) is 9.11. The number of hydrogen-bond acceptors (Lipinski definition) is 3. The summed E-state index contributed by atoms with van der Waals surface area (Å²) in [7, 11) is 1.70. The average Bonchev–Trinajstić information content (AvgIpc) is 2.50. The summed E-state index contributed by atoms with van der Waals surface area (Å²) >= 11 is 0. The van der Waals surface area contributed by atoms with Crippen molar-refractivity contribution in [3.8, 4) is 11.5 Å². The highest BCUT2D eigenvalue weighted by atomic mass is 16.5. The van der Waals surface area contributed by atoms with E-state index >= 15 is 0 Å². The highest BCUT2D eigenvalue weighted by molar-refractivity contribution is 5.86. The van der Waals surface area contributed by atoms with E-state index in [2.05, 4.69) is 34.6 Å². The van der Waals surface area contributed by atoms with Crippen LogP contribution in [0.5, 0.6) is 11.5 Å². The Morgan fingerprint density at radius 2 is 1.92 bits per heavy atom. The molecule has 2 atom stereocenters. The molecule has 0 bridgehead atoms. The Bertz CT molecular complexity index is 687. The Hall–Kier alpha value is -1.51. The molecule has 132 valence electrons. The number of hydrogen-bond donors (Lipinski definition) is 1. The second kappa shape index (κ2) is 5.50. The van der Waals surface area contributed by atoms with Crippen LogP contribution in [0.25, 0.3) is 0 Å². The van der Waals surface area contributed by atoms with Crippen LogP contribution in [0.2, 0.25) is 0 Å². The summed E-state index contributed by atoms with van der Waals surface area (Å²) in [5.41, 5.74) is 2.96. The summed E-state index contributed by atoms with van der Waals surface area (Å²) in [6.07, 6.45) is 3.39. The average molecular weight is 330 g/mol. The van der Waals surface area contributed by atoms with Crippen LogP contribution in [0.1, 0.15) is 76.5 Å². The van der Waals surface area contributed by atoms with Crippen molar-refractivity contribution < 1.29 is 14.6 Å². The zero-order chi connectivity index (χ0) is 17.9. The third-order valence-electron chi connectivity index (χ3n) is 6.71. The molecule has 1 aromatic carbocycles. The number of ether oxygens (including phenoxy) is 1. The normalized spacial score (nSPS) is 28.5. The van der Waals surface area contributed by atoms with Crippen LogP contribution in [-0.2, 0) is 16.6 Å². The second-order valence-electron chi connectivity index (χ2n) is 8.68. The third-order valence-corrected chi connectivity index (χ3v) is 6.71. The second-order valence-corrected chi connectivity index (χ2v) is 8.68. The Kier molecular flexibility index (Phi) is 3.97. The molecule has 2 aliphatic carbocycles. The van der Waals surface area contributed by atoms with Gasteiger partial charge in [-0.2, -0.15) is 0 Å². The summed E-state index contributed by atoms with van der Waals surface area (Å²) < 4.78 is 5.76. The van der Waals surface area contributed by atoms with E-state index in [9.17, 15) is 9.90 Å². The number of carbonyl (C=O) groups excluding carboxylic acids is 1. The molecule has 2 unspecified atom stereocenters. The van der Waals surface area contributed by atoms with Crippen LogP contribution >= 0.6 is 0 Å². The van der Waals surface area contributed by atoms with E-state index in [0.29, 0.717) is 23.9 Å². The molecule has 2 aliphatic rings. The lowest BCUT2D eigenvalue weighted by Crippen LogP contribution is -2.52. The molecule has 1 aromatic rings. The summed E-state index contributed by atoms with van der Waals surface area (Å²) in [4.78, 5) is 12.5. The fraction of sp³-hybridized carbons (Fsp3) is 0.667. The van der Waals surface area contributed by atoms with Gasteiger partial charge >= 0.3 is 0 Å². The molecule has 3 heteroatoms. The van der Waals surface area contributed by atoms with Crippen molar-refractivity contribution in [3.63, 3.8) is 0 Å². The fourth-order valence-corrected chi connectivity index (χ4v) is 5.40. The van der Waals surface area contributed by atoms with Crippen molar-refractivity contribution in [1.29, 1.82) is 0 Å². The predicted molar refractivity (Wildman–Crippen MR) is 95.9 cm³/mol. The topological polar surface area (TPSA) is 46.5 Å². The van der Waals surface area contributed by atoms with Crippen molar-refractivity contribution in [3.05, 3.63) is 22.8 Å². The van der Waals surface area contributed by atoms with Gasteiger partial charge in [-0.1, -0.05) is 34.6 Å². The maximum Gasteiger partial charge on any atom is 0.138 e. The van der Waals surface area contributed by atoms with Gasteiger partial charge in [0.05, 0.1) is 7.11 Å². The van der Waals surface area contributed by atoms with Gasteiger partial charge in [0, 0.05) is 17.4 Å². The van der Waals surface area contributed by atoms with Gasteiger partial charge in [0.1, 0.15) is 17.3 Å². The van der Waals surface area contributed by atoms with Crippen LogP contribution in [0, 0.1) is 11.3 Å². The Morgan fingerprint density at radius 1 is 1.25 bits per heavy atom. The maximum absolute atomic E-state index is 12.5. The SMILES string of the molecule is COc1c2c(cc(O)c1C(C)C)C1(C)CCC(=O)C(C)(C)C1CC2. The zero-order valence-corrected chi connectivity index (χ0v) is 15.8. The maximum atomic E-state index is 12.5. The van der Waals surface area contributed by atoms with E-state index in [4.69, 9.17) is 4.74 Å². The minimum absolute atomic E-state index is 0.0781. The molecule has 1 saturated carbocycles. The Labute approximate surface area is 145 Å². The van der Waals surface area contributed by atoms with Crippen LogP contribution in [-0.4, -0.2) is 18.0 Å². The van der Waals surface area contributed by atoms with Gasteiger partial charge in [-0.3, -0.25) is 4.79 Å². The van der Waals surface area contributed by atoms with E-state index in [1.54, 1.807) is 7.11 Å². The first-order chi connectivity index (χ1) is 11.1. The Morgan fingerprint density at radius 3 is 2.50 bits per heavy atom.